The first-order chi connectivity index (χ1) is 11.1. The van der Waals surface area contributed by atoms with Crippen LogP contribution in [0.5, 0.6) is 0 Å². The van der Waals surface area contributed by atoms with Gasteiger partial charge in [0.15, 0.2) is 5.79 Å². The molecular weight excluding hydrogens is 288 g/mol. The Morgan fingerprint density at radius 1 is 1.00 bits per heavy atom. The minimum Gasteiger partial charge on any atom is -0.393 e. The summed E-state index contributed by atoms with van der Waals surface area (Å²) in [5, 5.41) is 10.5. The molecule has 1 saturated heterocycles. The monoisotopic (exact) mass is 318 g/mol. The van der Waals surface area contributed by atoms with Crippen LogP contribution in [0.2, 0.25) is 0 Å². The summed E-state index contributed by atoms with van der Waals surface area (Å²) in [5.74, 6) is 2.10. The van der Waals surface area contributed by atoms with Crippen LogP contribution in [0.3, 0.4) is 0 Å². The number of ether oxygens (including phenoxy) is 2. The lowest BCUT2D eigenvalue weighted by Gasteiger charge is -2.52. The Morgan fingerprint density at radius 2 is 1.83 bits per heavy atom. The molecule has 0 bridgehead atoms. The van der Waals surface area contributed by atoms with Gasteiger partial charge in [-0.2, -0.15) is 0 Å². The van der Waals surface area contributed by atoms with Gasteiger partial charge in [0, 0.05) is 12.8 Å². The van der Waals surface area contributed by atoms with Gasteiger partial charge in [0.05, 0.1) is 19.3 Å². The highest BCUT2D eigenvalue weighted by Gasteiger charge is 2.55. The van der Waals surface area contributed by atoms with E-state index >= 15 is 0 Å². The molecule has 0 radical (unpaired) electrons. The highest BCUT2D eigenvalue weighted by Crippen LogP contribution is 2.61. The molecule has 1 heterocycles. The minimum atomic E-state index is -0.265. The second-order valence-electron chi connectivity index (χ2n) is 8.97. The first-order valence-corrected chi connectivity index (χ1v) is 9.78. The molecule has 23 heavy (non-hydrogen) atoms. The number of aliphatic hydroxyl groups is 1. The van der Waals surface area contributed by atoms with E-state index in [-0.39, 0.29) is 17.3 Å². The molecule has 4 aliphatic carbocycles. The van der Waals surface area contributed by atoms with Crippen molar-refractivity contribution in [1.29, 1.82) is 0 Å². The van der Waals surface area contributed by atoms with Crippen LogP contribution in [-0.4, -0.2) is 30.2 Å². The van der Waals surface area contributed by atoms with Gasteiger partial charge in [-0.15, -0.1) is 0 Å². The van der Waals surface area contributed by atoms with Gasteiger partial charge in [0.2, 0.25) is 0 Å². The zero-order valence-corrected chi connectivity index (χ0v) is 14.4. The van der Waals surface area contributed by atoms with Crippen molar-refractivity contribution >= 4 is 0 Å². The van der Waals surface area contributed by atoms with Gasteiger partial charge in [-0.3, -0.25) is 0 Å². The lowest BCUT2D eigenvalue weighted by Crippen LogP contribution is -2.46. The maximum Gasteiger partial charge on any atom is 0.172 e. The largest absolute Gasteiger partial charge is 0.393 e. The number of hydrogen-bond donors (Lipinski definition) is 1. The average Bonchev–Trinajstić information content (AvgIpc) is 3.12. The zero-order chi connectivity index (χ0) is 15.7. The highest BCUT2D eigenvalue weighted by molar-refractivity contribution is 5.28. The summed E-state index contributed by atoms with van der Waals surface area (Å²) >= 11 is 0. The fourth-order valence-electron chi connectivity index (χ4n) is 6.90. The Morgan fingerprint density at radius 3 is 2.65 bits per heavy atom. The summed E-state index contributed by atoms with van der Waals surface area (Å²) < 4.78 is 12.0. The van der Waals surface area contributed by atoms with Crippen LogP contribution in [0.4, 0.5) is 0 Å². The Labute approximate surface area is 139 Å². The molecule has 1 N–H and O–H groups in total. The minimum absolute atomic E-state index is 0.0567. The summed E-state index contributed by atoms with van der Waals surface area (Å²) in [6.45, 7) is 3.91. The Balaban J connectivity index is 1.42. The fourth-order valence-corrected chi connectivity index (χ4v) is 6.90. The molecule has 3 heteroatoms. The Kier molecular flexibility index (Phi) is 3.28. The third kappa shape index (κ3) is 2.06. The number of aliphatic hydroxyl groups excluding tert-OH is 1. The van der Waals surface area contributed by atoms with Gasteiger partial charge in [-0.25, -0.2) is 0 Å². The predicted molar refractivity (Wildman–Crippen MR) is 87.8 cm³/mol. The van der Waals surface area contributed by atoms with Crippen LogP contribution < -0.4 is 0 Å². The zero-order valence-electron chi connectivity index (χ0n) is 14.4. The van der Waals surface area contributed by atoms with Crippen LogP contribution >= 0.6 is 0 Å². The lowest BCUT2D eigenvalue weighted by atomic mass is 9.54. The van der Waals surface area contributed by atoms with Gasteiger partial charge in [-0.1, -0.05) is 18.1 Å². The van der Waals surface area contributed by atoms with Gasteiger partial charge in [0.25, 0.3) is 0 Å². The van der Waals surface area contributed by atoms with Gasteiger partial charge in [0.1, 0.15) is 0 Å². The third-order valence-corrected chi connectivity index (χ3v) is 8.14. The van der Waals surface area contributed by atoms with E-state index in [1.54, 1.807) is 11.1 Å². The Bertz CT molecular complexity index is 533. The molecule has 128 valence electrons. The molecule has 0 aromatic rings. The van der Waals surface area contributed by atoms with Gasteiger partial charge >= 0.3 is 0 Å². The fraction of sp³-hybridized carbons (Fsp3) is 0.900. The topological polar surface area (TPSA) is 38.7 Å². The summed E-state index contributed by atoms with van der Waals surface area (Å²) in [4.78, 5) is 0. The normalized spacial score (nSPS) is 48.3. The number of hydrogen-bond acceptors (Lipinski definition) is 3. The van der Waals surface area contributed by atoms with Crippen LogP contribution in [-0.2, 0) is 9.47 Å². The van der Waals surface area contributed by atoms with Crippen LogP contribution in [0.1, 0.15) is 64.7 Å². The summed E-state index contributed by atoms with van der Waals surface area (Å²) in [6.07, 6.45) is 10.6. The van der Waals surface area contributed by atoms with Crippen molar-refractivity contribution in [1.82, 2.24) is 0 Å². The standard InChI is InChI=1S/C20H30O3/c1-19-8-6-15-14-7-9-20(22-10-11-23-20)12-13(14)2-3-16(15)17(19)4-5-18(19)21/h15-18,21H,2-12H2,1H3/t15-,16-,17+,18+,19+/m1/s1. The predicted octanol–water partition coefficient (Wildman–Crippen LogP) is 3.81. The van der Waals surface area contributed by atoms with E-state index in [0.29, 0.717) is 0 Å². The van der Waals surface area contributed by atoms with Gasteiger partial charge in [-0.05, 0) is 68.1 Å². The second kappa shape index (κ2) is 5.06. The molecule has 0 unspecified atom stereocenters. The van der Waals surface area contributed by atoms with E-state index < -0.39 is 0 Å². The second-order valence-corrected chi connectivity index (χ2v) is 8.97. The molecule has 2 saturated carbocycles. The SMILES string of the molecule is C[C@]12CC[C@@H]3C4=C(CC[C@H]3[C@@H]1CC[C@@H]2O)CC1(CC4)OCCO1. The average molecular weight is 318 g/mol. The summed E-state index contributed by atoms with van der Waals surface area (Å²) in [6, 6.07) is 0. The molecule has 0 aromatic carbocycles. The van der Waals surface area contributed by atoms with Gasteiger partial charge < -0.3 is 14.6 Å². The van der Waals surface area contributed by atoms with E-state index in [0.717, 1.165) is 50.2 Å². The molecule has 0 aromatic heterocycles. The molecular formula is C20H30O3. The summed E-state index contributed by atoms with van der Waals surface area (Å²) in [5.41, 5.74) is 3.64. The third-order valence-electron chi connectivity index (χ3n) is 8.14. The molecule has 3 fully saturated rings. The van der Waals surface area contributed by atoms with E-state index in [1.807, 2.05) is 0 Å². The first kappa shape index (κ1) is 14.9. The van der Waals surface area contributed by atoms with Crippen LogP contribution in [0, 0.1) is 23.2 Å². The number of rotatable bonds is 0. The van der Waals surface area contributed by atoms with Crippen LogP contribution in [0.25, 0.3) is 0 Å². The van der Waals surface area contributed by atoms with Crippen molar-refractivity contribution in [3.63, 3.8) is 0 Å². The number of allylic oxidation sites excluding steroid dienone is 1. The quantitative estimate of drug-likeness (QED) is 0.690. The molecule has 3 nitrogen and oxygen atoms in total. The molecule has 5 rings (SSSR count). The van der Waals surface area contributed by atoms with E-state index in [1.165, 1.54) is 38.5 Å². The molecule has 0 amide bonds. The maximum atomic E-state index is 10.5. The highest BCUT2D eigenvalue weighted by atomic mass is 16.7. The molecule has 5 aliphatic rings. The van der Waals surface area contributed by atoms with Crippen molar-refractivity contribution in [2.75, 3.05) is 13.2 Å². The molecule has 1 aliphatic heterocycles. The molecule has 5 atom stereocenters. The maximum absolute atomic E-state index is 10.5. The summed E-state index contributed by atoms with van der Waals surface area (Å²) in [7, 11) is 0. The van der Waals surface area contributed by atoms with E-state index in [4.69, 9.17) is 9.47 Å². The van der Waals surface area contributed by atoms with Crippen molar-refractivity contribution in [2.24, 2.45) is 23.2 Å². The van der Waals surface area contributed by atoms with Crippen LogP contribution in [0.15, 0.2) is 11.1 Å². The van der Waals surface area contributed by atoms with E-state index in [9.17, 15) is 5.11 Å². The van der Waals surface area contributed by atoms with Crippen molar-refractivity contribution < 1.29 is 14.6 Å². The van der Waals surface area contributed by atoms with Crippen molar-refractivity contribution in [3.05, 3.63) is 11.1 Å². The molecule has 1 spiro atoms. The van der Waals surface area contributed by atoms with E-state index in [2.05, 4.69) is 6.92 Å². The lowest BCUT2D eigenvalue weighted by molar-refractivity contribution is -0.166. The smallest absolute Gasteiger partial charge is 0.172 e. The van der Waals surface area contributed by atoms with Crippen molar-refractivity contribution in [2.45, 2.75) is 76.6 Å². The Hall–Kier alpha value is -0.380. The number of fused-ring (bicyclic) bond motifs is 4. The van der Waals surface area contributed by atoms with Crippen molar-refractivity contribution in [3.8, 4) is 0 Å². The first-order valence-electron chi connectivity index (χ1n) is 9.78.